The lowest BCUT2D eigenvalue weighted by atomic mass is 10.0. The van der Waals surface area contributed by atoms with Crippen molar-refractivity contribution in [2.75, 3.05) is 13.1 Å². The van der Waals surface area contributed by atoms with E-state index in [2.05, 4.69) is 21.3 Å². The molecule has 3 amide bonds. The van der Waals surface area contributed by atoms with Crippen LogP contribution in [0.2, 0.25) is 0 Å². The van der Waals surface area contributed by atoms with E-state index in [1.54, 1.807) is 38.1 Å². The molecule has 0 aliphatic carbocycles. The van der Waals surface area contributed by atoms with Crippen molar-refractivity contribution in [1.82, 2.24) is 21.3 Å². The van der Waals surface area contributed by atoms with Gasteiger partial charge in [-0.3, -0.25) is 14.4 Å². The van der Waals surface area contributed by atoms with E-state index in [0.29, 0.717) is 13.0 Å². The molecule has 252 valence electrons. The molecule has 4 atom stereocenters. The van der Waals surface area contributed by atoms with Crippen molar-refractivity contribution >= 4 is 45.3 Å². The van der Waals surface area contributed by atoms with Crippen LogP contribution in [0.15, 0.2) is 54.6 Å². The number of hydrogen-bond acceptors (Lipinski definition) is 10. The Bertz CT molecular complexity index is 1340. The minimum absolute atomic E-state index is 0.167. The van der Waals surface area contributed by atoms with Gasteiger partial charge in [0.1, 0.15) is 23.9 Å². The van der Waals surface area contributed by atoms with E-state index >= 15 is 0 Å². The maximum Gasteiger partial charge on any atom is 0.330 e. The monoisotopic (exact) mass is 673 g/mol. The number of nitrogens with one attached hydrogen (secondary N) is 4. The Morgan fingerprint density at radius 2 is 1.59 bits per heavy atom. The van der Waals surface area contributed by atoms with Gasteiger partial charge >= 0.3 is 5.97 Å². The Balaban J connectivity index is 1.89. The van der Waals surface area contributed by atoms with Crippen molar-refractivity contribution in [3.8, 4) is 5.75 Å². The van der Waals surface area contributed by atoms with E-state index in [0.717, 1.165) is 11.1 Å². The van der Waals surface area contributed by atoms with Crippen molar-refractivity contribution in [2.24, 2.45) is 5.73 Å². The second kappa shape index (κ2) is 16.5. The first kappa shape index (κ1) is 37.2. The highest BCUT2D eigenvalue weighted by molar-refractivity contribution is 8.77. The van der Waals surface area contributed by atoms with E-state index in [4.69, 9.17) is 10.5 Å². The third kappa shape index (κ3) is 11.2. The maximum absolute atomic E-state index is 13.7. The fourth-order valence-corrected chi connectivity index (χ4v) is 7.71. The topological polar surface area (TPSA) is 172 Å². The van der Waals surface area contributed by atoms with Crippen molar-refractivity contribution in [1.29, 1.82) is 0 Å². The second-order valence-electron chi connectivity index (χ2n) is 12.8. The van der Waals surface area contributed by atoms with Crippen LogP contribution in [0, 0.1) is 0 Å². The lowest BCUT2D eigenvalue weighted by Crippen LogP contribution is -2.61. The minimum atomic E-state index is -1.06. The summed E-state index contributed by atoms with van der Waals surface area (Å²) >= 11 is 0. The molecule has 46 heavy (non-hydrogen) atoms. The van der Waals surface area contributed by atoms with Gasteiger partial charge < -0.3 is 36.8 Å². The standard InChI is InChI=1S/C33H47N5O6S2/c1-20(2)44-31(43)28-33(5,6)46-45-32(3,4)27(35-18-23(34)16-22-12-14-24(39)15-13-22)30(42)36-19-26(40)37-25(29(41)38-28)17-21-10-8-7-9-11-21/h7-15,20,23,25,27-28,35,39H,16-19,34H2,1-6H3,(H,36,42)(H,37,40)(H,38,41). The zero-order chi connectivity index (χ0) is 34.1. The molecule has 0 bridgehead atoms. The number of phenols is 1. The summed E-state index contributed by atoms with van der Waals surface area (Å²) in [4.78, 5) is 53.9. The summed E-state index contributed by atoms with van der Waals surface area (Å²) in [6.45, 7) is 10.9. The number of carbonyl (C=O) groups is 4. The first-order valence-electron chi connectivity index (χ1n) is 15.3. The van der Waals surface area contributed by atoms with Gasteiger partial charge in [-0.1, -0.05) is 64.1 Å². The summed E-state index contributed by atoms with van der Waals surface area (Å²) < 4.78 is 3.90. The Labute approximate surface area is 279 Å². The molecule has 1 saturated heterocycles. The van der Waals surface area contributed by atoms with Crippen LogP contribution < -0.4 is 27.0 Å². The van der Waals surface area contributed by atoms with Crippen LogP contribution in [0.4, 0.5) is 0 Å². The molecule has 1 aliphatic rings. The van der Waals surface area contributed by atoms with Crippen LogP contribution in [0.1, 0.15) is 52.7 Å². The molecule has 2 aromatic rings. The Morgan fingerprint density at radius 3 is 2.22 bits per heavy atom. The van der Waals surface area contributed by atoms with Gasteiger partial charge in [-0.25, -0.2) is 4.79 Å². The van der Waals surface area contributed by atoms with Crippen LogP contribution in [-0.2, 0) is 36.8 Å². The van der Waals surface area contributed by atoms with Gasteiger partial charge in [0.2, 0.25) is 17.7 Å². The van der Waals surface area contributed by atoms with Crippen LogP contribution in [0.3, 0.4) is 0 Å². The van der Waals surface area contributed by atoms with Crippen molar-refractivity contribution in [2.45, 2.75) is 94.1 Å². The van der Waals surface area contributed by atoms with E-state index in [9.17, 15) is 24.3 Å². The van der Waals surface area contributed by atoms with E-state index in [1.807, 2.05) is 58.0 Å². The summed E-state index contributed by atoms with van der Waals surface area (Å²) in [5.74, 6) is -1.92. The van der Waals surface area contributed by atoms with Gasteiger partial charge in [0, 0.05) is 23.8 Å². The lowest BCUT2D eigenvalue weighted by Gasteiger charge is -2.39. The predicted molar refractivity (Wildman–Crippen MR) is 183 cm³/mol. The number of rotatable bonds is 9. The largest absolute Gasteiger partial charge is 0.508 e. The van der Waals surface area contributed by atoms with Crippen molar-refractivity contribution in [3.63, 3.8) is 0 Å². The molecular formula is C33H47N5O6S2. The van der Waals surface area contributed by atoms with E-state index in [1.165, 1.54) is 21.6 Å². The molecule has 7 N–H and O–H groups in total. The molecule has 3 rings (SSSR count). The molecule has 0 aromatic heterocycles. The fraction of sp³-hybridized carbons (Fsp3) is 0.515. The number of aromatic hydroxyl groups is 1. The summed E-state index contributed by atoms with van der Waals surface area (Å²) in [6.07, 6.45) is 0.281. The molecular weight excluding hydrogens is 627 g/mol. The van der Waals surface area contributed by atoms with E-state index in [-0.39, 0.29) is 24.8 Å². The van der Waals surface area contributed by atoms with Crippen LogP contribution in [-0.4, -0.2) is 81.7 Å². The van der Waals surface area contributed by atoms with Gasteiger partial charge in [-0.15, -0.1) is 0 Å². The molecule has 0 spiro atoms. The second-order valence-corrected chi connectivity index (χ2v) is 16.2. The SMILES string of the molecule is CC(C)OC(=O)C1NC(=O)C(Cc2ccccc2)NC(=O)CNC(=O)C(NCC(N)Cc2ccc(O)cc2)C(C)(C)SSC1(C)C. The molecule has 0 saturated carbocycles. The van der Waals surface area contributed by atoms with Gasteiger partial charge in [0.05, 0.1) is 17.4 Å². The minimum Gasteiger partial charge on any atom is -0.508 e. The zero-order valence-electron chi connectivity index (χ0n) is 27.3. The number of amides is 3. The first-order valence-corrected chi connectivity index (χ1v) is 17.5. The first-order chi connectivity index (χ1) is 21.6. The number of phenolic OH excluding ortho intramolecular Hbond substituents is 1. The molecule has 1 aliphatic heterocycles. The number of ether oxygens (including phenoxy) is 1. The van der Waals surface area contributed by atoms with Gasteiger partial charge in [0.15, 0.2) is 0 Å². The Morgan fingerprint density at radius 1 is 0.957 bits per heavy atom. The highest BCUT2D eigenvalue weighted by atomic mass is 33.1. The fourth-order valence-electron chi connectivity index (χ4n) is 4.88. The van der Waals surface area contributed by atoms with Crippen LogP contribution >= 0.6 is 21.6 Å². The number of nitrogens with two attached hydrogens (primary N) is 1. The Kier molecular flexibility index (Phi) is 13.4. The molecule has 1 fully saturated rings. The smallest absolute Gasteiger partial charge is 0.330 e. The van der Waals surface area contributed by atoms with E-state index < -0.39 is 57.4 Å². The molecule has 4 unspecified atom stereocenters. The third-order valence-corrected chi connectivity index (χ3v) is 11.6. The lowest BCUT2D eigenvalue weighted by molar-refractivity contribution is -0.152. The third-order valence-electron chi connectivity index (χ3n) is 7.37. The highest BCUT2D eigenvalue weighted by Gasteiger charge is 2.44. The number of hydrogen-bond donors (Lipinski definition) is 6. The molecule has 2 aromatic carbocycles. The number of benzene rings is 2. The van der Waals surface area contributed by atoms with Crippen molar-refractivity contribution < 1.29 is 29.0 Å². The maximum atomic E-state index is 13.7. The highest BCUT2D eigenvalue weighted by Crippen LogP contribution is 2.47. The average molecular weight is 674 g/mol. The normalized spacial score (nSPS) is 23.0. The summed E-state index contributed by atoms with van der Waals surface area (Å²) in [7, 11) is 2.76. The molecule has 0 radical (unpaired) electrons. The molecule has 1 heterocycles. The quantitative estimate of drug-likeness (QED) is 0.172. The van der Waals surface area contributed by atoms with Crippen molar-refractivity contribution in [3.05, 3.63) is 65.7 Å². The molecule has 13 heteroatoms. The van der Waals surface area contributed by atoms with Crippen LogP contribution in [0.25, 0.3) is 0 Å². The Hall–Kier alpha value is -3.26. The number of esters is 1. The van der Waals surface area contributed by atoms with Gasteiger partial charge in [-0.05, 0) is 71.2 Å². The summed E-state index contributed by atoms with van der Waals surface area (Å²) in [5.41, 5.74) is 8.18. The van der Waals surface area contributed by atoms with Gasteiger partial charge in [-0.2, -0.15) is 0 Å². The predicted octanol–water partition coefficient (Wildman–Crippen LogP) is 2.45. The number of carbonyl (C=O) groups excluding carboxylic acids is 4. The molecule has 11 nitrogen and oxygen atoms in total. The zero-order valence-corrected chi connectivity index (χ0v) is 28.9. The van der Waals surface area contributed by atoms with Crippen LogP contribution in [0.5, 0.6) is 5.75 Å². The summed E-state index contributed by atoms with van der Waals surface area (Å²) in [6, 6.07) is 12.8. The average Bonchev–Trinajstić information content (AvgIpc) is 2.98. The summed E-state index contributed by atoms with van der Waals surface area (Å²) in [5, 5.41) is 21.2. The van der Waals surface area contributed by atoms with Gasteiger partial charge in [0.25, 0.3) is 0 Å².